The molecule has 26 heavy (non-hydrogen) atoms. The number of allylic oxidation sites excluding steroid dienone is 1. The zero-order valence-corrected chi connectivity index (χ0v) is 15.8. The Balaban J connectivity index is 1.91. The van der Waals surface area contributed by atoms with E-state index in [0.29, 0.717) is 23.7 Å². The van der Waals surface area contributed by atoms with Crippen LogP contribution in [-0.4, -0.2) is 30.8 Å². The van der Waals surface area contributed by atoms with E-state index in [-0.39, 0.29) is 17.1 Å². The number of aliphatic hydroxyl groups is 1. The van der Waals surface area contributed by atoms with Gasteiger partial charge in [-0.3, -0.25) is 9.48 Å². The molecule has 7 heteroatoms. The molecule has 2 aromatic rings. The monoisotopic (exact) mass is 356 g/mol. The molecule has 2 heterocycles. The lowest BCUT2D eigenvalue weighted by molar-refractivity contribution is -0.131. The third kappa shape index (κ3) is 2.06. The van der Waals surface area contributed by atoms with Gasteiger partial charge in [0.25, 0.3) is 0 Å². The summed E-state index contributed by atoms with van der Waals surface area (Å²) in [4.78, 5) is 17.2. The van der Waals surface area contributed by atoms with E-state index in [2.05, 4.69) is 17.1 Å². The van der Waals surface area contributed by atoms with E-state index in [1.165, 1.54) is 0 Å². The zero-order valence-electron chi connectivity index (χ0n) is 15.8. The Labute approximate surface area is 152 Å². The normalized spacial score (nSPS) is 28.9. The van der Waals surface area contributed by atoms with Crippen molar-refractivity contribution in [2.45, 2.75) is 52.4 Å². The number of hydrogen-bond donors (Lipinski definition) is 1. The number of carbonyl (C=O) groups excluding carboxylic acids is 1. The van der Waals surface area contributed by atoms with Crippen LogP contribution in [0.15, 0.2) is 16.4 Å². The van der Waals surface area contributed by atoms with Gasteiger partial charge in [-0.15, -0.1) is 0 Å². The molecular formula is C19H24N4O3. The Kier molecular flexibility index (Phi) is 3.45. The summed E-state index contributed by atoms with van der Waals surface area (Å²) in [5.41, 5.74) is 2.58. The molecule has 2 atom stereocenters. The molecule has 0 aromatic carbocycles. The topological polar surface area (TPSA) is 94.0 Å². The number of Topliss-reactive ketones (excluding diaryl/α,β-unsaturated/α-hetero) is 1. The Hall–Kier alpha value is -2.44. The molecular weight excluding hydrogens is 332 g/mol. The van der Waals surface area contributed by atoms with E-state index in [1.807, 2.05) is 25.6 Å². The van der Waals surface area contributed by atoms with Crippen molar-refractivity contribution < 1.29 is 14.4 Å². The third-order valence-electron chi connectivity index (χ3n) is 6.34. The van der Waals surface area contributed by atoms with Crippen LogP contribution < -0.4 is 0 Å². The largest absolute Gasteiger partial charge is 0.515 e. The van der Waals surface area contributed by atoms with Crippen LogP contribution in [0.25, 0.3) is 11.5 Å². The van der Waals surface area contributed by atoms with Gasteiger partial charge >= 0.3 is 0 Å². The lowest BCUT2D eigenvalue weighted by atomic mass is 9.50. The molecule has 1 unspecified atom stereocenters. The molecule has 138 valence electrons. The second-order valence-corrected chi connectivity index (χ2v) is 8.33. The summed E-state index contributed by atoms with van der Waals surface area (Å²) in [6, 6.07) is 0. The Morgan fingerprint density at radius 3 is 2.69 bits per heavy atom. The first-order valence-corrected chi connectivity index (χ1v) is 8.95. The van der Waals surface area contributed by atoms with Gasteiger partial charge in [-0.2, -0.15) is 10.1 Å². The predicted octanol–water partition coefficient (Wildman–Crippen LogP) is 3.04. The number of ketones is 1. The van der Waals surface area contributed by atoms with Crippen LogP contribution in [0.2, 0.25) is 0 Å². The second-order valence-electron chi connectivity index (χ2n) is 8.33. The quantitative estimate of drug-likeness (QED) is 0.623. The second kappa shape index (κ2) is 5.28. The molecule has 2 aromatic heterocycles. The van der Waals surface area contributed by atoms with Crippen molar-refractivity contribution in [3.8, 4) is 11.5 Å². The molecule has 0 bridgehead atoms. The minimum absolute atomic E-state index is 0.0378. The van der Waals surface area contributed by atoms with Crippen LogP contribution in [0, 0.1) is 18.3 Å². The fourth-order valence-electron chi connectivity index (χ4n) is 5.23. The summed E-state index contributed by atoms with van der Waals surface area (Å²) in [5.74, 6) is 1.26. The SMILES string of the molecule is Cc1nc(-c2c3c(nn2C)C2(C)C/C(=C/O)C(=O)C(C)(C)[C@@H]2CC3)no1. The number of aromatic nitrogens is 4. The van der Waals surface area contributed by atoms with E-state index in [9.17, 15) is 9.90 Å². The molecule has 2 aliphatic rings. The van der Waals surface area contributed by atoms with Gasteiger partial charge in [-0.05, 0) is 25.2 Å². The third-order valence-corrected chi connectivity index (χ3v) is 6.34. The van der Waals surface area contributed by atoms with E-state index in [0.717, 1.165) is 36.1 Å². The molecule has 0 radical (unpaired) electrons. The van der Waals surface area contributed by atoms with Crippen molar-refractivity contribution in [1.29, 1.82) is 0 Å². The first-order chi connectivity index (χ1) is 12.2. The summed E-state index contributed by atoms with van der Waals surface area (Å²) in [7, 11) is 1.89. The van der Waals surface area contributed by atoms with Crippen LogP contribution >= 0.6 is 0 Å². The Morgan fingerprint density at radius 2 is 2.08 bits per heavy atom. The fraction of sp³-hybridized carbons (Fsp3) is 0.579. The standard InChI is InChI=1S/C19H24N4O3/c1-10-20-17(22-26-10)14-12-6-7-13-18(2,3)16(25)11(9-24)8-19(13,4)15(12)21-23(14)5/h9,13,24H,6-8H2,1-5H3/b11-9-/t13-,19?/m0/s1. The molecule has 1 fully saturated rings. The molecule has 4 rings (SSSR count). The van der Waals surface area contributed by atoms with Gasteiger partial charge in [0.15, 0.2) is 5.78 Å². The molecule has 0 saturated heterocycles. The smallest absolute Gasteiger partial charge is 0.223 e. The van der Waals surface area contributed by atoms with E-state index < -0.39 is 5.41 Å². The van der Waals surface area contributed by atoms with E-state index in [1.54, 1.807) is 6.92 Å². The average molecular weight is 356 g/mol. The number of fused-ring (bicyclic) bond motifs is 3. The van der Waals surface area contributed by atoms with Gasteiger partial charge in [-0.25, -0.2) is 0 Å². The van der Waals surface area contributed by atoms with E-state index in [4.69, 9.17) is 9.62 Å². The maximum Gasteiger partial charge on any atom is 0.223 e. The van der Waals surface area contributed by atoms with Gasteiger partial charge in [0.1, 0.15) is 5.69 Å². The first-order valence-electron chi connectivity index (χ1n) is 8.95. The highest BCUT2D eigenvalue weighted by Crippen LogP contribution is 2.57. The Bertz CT molecular complexity index is 937. The molecule has 2 aliphatic carbocycles. The molecule has 1 saturated carbocycles. The van der Waals surface area contributed by atoms with Crippen LogP contribution in [0.4, 0.5) is 0 Å². The van der Waals surface area contributed by atoms with Gasteiger partial charge < -0.3 is 9.63 Å². The average Bonchev–Trinajstić information content (AvgIpc) is 3.14. The minimum Gasteiger partial charge on any atom is -0.515 e. The number of nitrogens with zero attached hydrogens (tertiary/aromatic N) is 4. The number of aliphatic hydroxyl groups excluding tert-OH is 1. The predicted molar refractivity (Wildman–Crippen MR) is 94.5 cm³/mol. The van der Waals surface area contributed by atoms with Gasteiger partial charge in [0, 0.05) is 35.9 Å². The van der Waals surface area contributed by atoms with Crippen molar-refractivity contribution in [3.05, 3.63) is 29.0 Å². The Morgan fingerprint density at radius 1 is 1.35 bits per heavy atom. The van der Waals surface area contributed by atoms with Crippen molar-refractivity contribution in [2.24, 2.45) is 18.4 Å². The molecule has 0 aliphatic heterocycles. The summed E-state index contributed by atoms with van der Waals surface area (Å²) in [5, 5.41) is 18.5. The van der Waals surface area contributed by atoms with Crippen molar-refractivity contribution in [2.75, 3.05) is 0 Å². The highest BCUT2D eigenvalue weighted by Gasteiger charge is 2.57. The summed E-state index contributed by atoms with van der Waals surface area (Å²) >= 11 is 0. The van der Waals surface area contributed by atoms with Crippen molar-refractivity contribution >= 4 is 5.78 Å². The van der Waals surface area contributed by atoms with Gasteiger partial charge in [0.2, 0.25) is 11.7 Å². The van der Waals surface area contributed by atoms with E-state index >= 15 is 0 Å². The molecule has 7 nitrogen and oxygen atoms in total. The number of hydrogen-bond acceptors (Lipinski definition) is 6. The maximum atomic E-state index is 12.8. The highest BCUT2D eigenvalue weighted by molar-refractivity contribution is 6.01. The van der Waals surface area contributed by atoms with Crippen molar-refractivity contribution in [1.82, 2.24) is 19.9 Å². The highest BCUT2D eigenvalue weighted by atomic mass is 16.5. The maximum absolute atomic E-state index is 12.8. The lowest BCUT2D eigenvalue weighted by Crippen LogP contribution is -2.53. The lowest BCUT2D eigenvalue weighted by Gasteiger charge is -2.52. The van der Waals surface area contributed by atoms with Crippen LogP contribution in [0.3, 0.4) is 0 Å². The van der Waals surface area contributed by atoms with Gasteiger partial charge in [-0.1, -0.05) is 25.9 Å². The van der Waals surface area contributed by atoms with Crippen molar-refractivity contribution in [3.63, 3.8) is 0 Å². The van der Waals surface area contributed by atoms with Crippen LogP contribution in [0.1, 0.15) is 50.8 Å². The summed E-state index contributed by atoms with van der Waals surface area (Å²) < 4.78 is 6.97. The first kappa shape index (κ1) is 17.0. The van der Waals surface area contributed by atoms with Gasteiger partial charge in [0.05, 0.1) is 12.0 Å². The van der Waals surface area contributed by atoms with Crippen LogP contribution in [0.5, 0.6) is 0 Å². The summed E-state index contributed by atoms with van der Waals surface area (Å²) in [6.07, 6.45) is 3.18. The fourth-order valence-corrected chi connectivity index (χ4v) is 5.23. The number of rotatable bonds is 1. The zero-order chi connectivity index (χ0) is 18.9. The number of aryl methyl sites for hydroxylation is 2. The van der Waals surface area contributed by atoms with Crippen LogP contribution in [-0.2, 0) is 23.7 Å². The molecule has 1 N–H and O–H groups in total. The minimum atomic E-state index is -0.542. The number of carbonyl (C=O) groups is 1. The molecule has 0 amide bonds. The summed E-state index contributed by atoms with van der Waals surface area (Å²) in [6.45, 7) is 7.90. The molecule has 0 spiro atoms.